The second-order valence-electron chi connectivity index (χ2n) is 1.46. The minimum atomic E-state index is 0. The molecule has 0 aromatic carbocycles. The van der Waals surface area contributed by atoms with E-state index in [2.05, 4.69) is 17.5 Å². The maximum absolute atomic E-state index is 3.20. The molecule has 0 amide bonds. The summed E-state index contributed by atoms with van der Waals surface area (Å²) in [5.74, 6) is 0. The van der Waals surface area contributed by atoms with Gasteiger partial charge in [0.1, 0.15) is 0 Å². The lowest BCUT2D eigenvalue weighted by Crippen LogP contribution is -2.17. The summed E-state index contributed by atoms with van der Waals surface area (Å²) in [5.41, 5.74) is 0. The molecule has 42 valence electrons. The van der Waals surface area contributed by atoms with Crippen LogP contribution in [0, 0.1) is 0 Å². The van der Waals surface area contributed by atoms with Crippen LogP contribution in [-0.2, 0) is 0 Å². The molecule has 1 aliphatic rings. The fraction of sp³-hybridized carbons (Fsp3) is 0.600. The zero-order valence-electron chi connectivity index (χ0n) is 4.18. The summed E-state index contributed by atoms with van der Waals surface area (Å²) in [6.07, 6.45) is 5.57. The van der Waals surface area contributed by atoms with E-state index in [0.29, 0.717) is 0 Å². The summed E-state index contributed by atoms with van der Waals surface area (Å²) < 4.78 is 0. The van der Waals surface area contributed by atoms with Gasteiger partial charge in [0.15, 0.2) is 0 Å². The smallest absolute Gasteiger partial charge is 0.0135 e. The van der Waals surface area contributed by atoms with E-state index in [0.717, 1.165) is 13.1 Å². The SMILES string of the molecule is C1=CCNCC1.Cl. The van der Waals surface area contributed by atoms with E-state index in [-0.39, 0.29) is 12.4 Å². The van der Waals surface area contributed by atoms with Gasteiger partial charge in [0, 0.05) is 6.54 Å². The van der Waals surface area contributed by atoms with Gasteiger partial charge in [-0.2, -0.15) is 0 Å². The van der Waals surface area contributed by atoms with Crippen molar-refractivity contribution >= 4 is 12.4 Å². The topological polar surface area (TPSA) is 12.0 Å². The number of nitrogens with one attached hydrogen (secondary N) is 1. The minimum Gasteiger partial charge on any atom is -0.313 e. The third kappa shape index (κ3) is 2.66. The molecular weight excluding hydrogens is 110 g/mol. The van der Waals surface area contributed by atoms with Crippen LogP contribution in [0.1, 0.15) is 6.42 Å². The molecule has 0 saturated carbocycles. The van der Waals surface area contributed by atoms with Crippen LogP contribution in [-0.4, -0.2) is 13.1 Å². The molecule has 0 atom stereocenters. The van der Waals surface area contributed by atoms with Crippen molar-refractivity contribution in [1.29, 1.82) is 0 Å². The van der Waals surface area contributed by atoms with Crippen LogP contribution in [0.15, 0.2) is 12.2 Å². The molecule has 0 aromatic rings. The van der Waals surface area contributed by atoms with Crippen LogP contribution >= 0.6 is 12.4 Å². The molecule has 0 radical (unpaired) electrons. The Morgan fingerprint density at radius 2 is 2.14 bits per heavy atom. The van der Waals surface area contributed by atoms with Crippen LogP contribution in [0.3, 0.4) is 0 Å². The first-order chi connectivity index (χ1) is 3.00. The molecule has 0 aromatic heterocycles. The zero-order valence-corrected chi connectivity index (χ0v) is 5.00. The number of halogens is 1. The Balaban J connectivity index is 0.000000360. The van der Waals surface area contributed by atoms with Crippen LogP contribution in [0.25, 0.3) is 0 Å². The molecule has 0 fully saturated rings. The largest absolute Gasteiger partial charge is 0.313 e. The Morgan fingerprint density at radius 3 is 2.29 bits per heavy atom. The highest BCUT2D eigenvalue weighted by Gasteiger charge is 1.84. The molecule has 0 spiro atoms. The standard InChI is InChI=1S/C5H9N.ClH/c1-2-4-6-5-3-1;/h1-2,6H,3-5H2;1H. The van der Waals surface area contributed by atoms with Gasteiger partial charge < -0.3 is 5.32 Å². The lowest BCUT2D eigenvalue weighted by Gasteiger charge is -2.01. The van der Waals surface area contributed by atoms with Crippen LogP contribution in [0.5, 0.6) is 0 Å². The number of hydrogen-bond donors (Lipinski definition) is 1. The lowest BCUT2D eigenvalue weighted by molar-refractivity contribution is 0.728. The van der Waals surface area contributed by atoms with Crippen molar-refractivity contribution in [2.75, 3.05) is 13.1 Å². The highest BCUT2D eigenvalue weighted by molar-refractivity contribution is 5.85. The average Bonchev–Trinajstić information content (AvgIpc) is 1.72. The summed E-state index contributed by atoms with van der Waals surface area (Å²) in [6.45, 7) is 2.23. The Morgan fingerprint density at radius 1 is 1.29 bits per heavy atom. The van der Waals surface area contributed by atoms with Crippen molar-refractivity contribution in [2.45, 2.75) is 6.42 Å². The third-order valence-corrected chi connectivity index (χ3v) is 0.917. The van der Waals surface area contributed by atoms with Gasteiger partial charge >= 0.3 is 0 Å². The normalized spacial score (nSPS) is 18.3. The molecule has 1 rings (SSSR count). The predicted octanol–water partition coefficient (Wildman–Crippen LogP) is 0.958. The van der Waals surface area contributed by atoms with Gasteiger partial charge in [-0.3, -0.25) is 0 Å². The fourth-order valence-electron chi connectivity index (χ4n) is 0.572. The maximum Gasteiger partial charge on any atom is 0.0135 e. The molecule has 1 aliphatic heterocycles. The molecule has 0 bridgehead atoms. The quantitative estimate of drug-likeness (QED) is 0.469. The zero-order chi connectivity index (χ0) is 4.24. The number of hydrogen-bond acceptors (Lipinski definition) is 1. The van der Waals surface area contributed by atoms with Crippen LogP contribution in [0.4, 0.5) is 0 Å². The van der Waals surface area contributed by atoms with Crippen molar-refractivity contribution in [3.05, 3.63) is 12.2 Å². The first kappa shape index (κ1) is 6.99. The predicted molar refractivity (Wildman–Crippen MR) is 33.9 cm³/mol. The molecule has 0 unspecified atom stereocenters. The first-order valence-corrected chi connectivity index (χ1v) is 2.36. The van der Waals surface area contributed by atoms with Crippen molar-refractivity contribution in [2.24, 2.45) is 0 Å². The molecule has 1 nitrogen and oxygen atoms in total. The third-order valence-electron chi connectivity index (χ3n) is 0.917. The highest BCUT2D eigenvalue weighted by Crippen LogP contribution is 1.84. The molecular formula is C5H10ClN. The van der Waals surface area contributed by atoms with Gasteiger partial charge in [-0.1, -0.05) is 12.2 Å². The molecule has 0 aliphatic carbocycles. The summed E-state index contributed by atoms with van der Waals surface area (Å²) in [7, 11) is 0. The molecule has 7 heavy (non-hydrogen) atoms. The highest BCUT2D eigenvalue weighted by atomic mass is 35.5. The minimum absolute atomic E-state index is 0. The van der Waals surface area contributed by atoms with Gasteiger partial charge in [0.25, 0.3) is 0 Å². The summed E-state index contributed by atoms with van der Waals surface area (Å²) in [5, 5.41) is 3.20. The van der Waals surface area contributed by atoms with Crippen LogP contribution in [0.2, 0.25) is 0 Å². The van der Waals surface area contributed by atoms with E-state index in [9.17, 15) is 0 Å². The van der Waals surface area contributed by atoms with E-state index < -0.39 is 0 Å². The molecule has 0 saturated heterocycles. The Kier molecular flexibility index (Phi) is 4.15. The van der Waals surface area contributed by atoms with Gasteiger partial charge in [-0.15, -0.1) is 12.4 Å². The molecule has 2 heteroatoms. The van der Waals surface area contributed by atoms with E-state index in [4.69, 9.17) is 0 Å². The van der Waals surface area contributed by atoms with E-state index in [1.165, 1.54) is 6.42 Å². The Labute approximate surface area is 50.2 Å². The van der Waals surface area contributed by atoms with Crippen molar-refractivity contribution < 1.29 is 0 Å². The summed E-state index contributed by atoms with van der Waals surface area (Å²) in [4.78, 5) is 0. The lowest BCUT2D eigenvalue weighted by atomic mass is 10.3. The monoisotopic (exact) mass is 119 g/mol. The van der Waals surface area contributed by atoms with E-state index >= 15 is 0 Å². The van der Waals surface area contributed by atoms with Crippen LogP contribution < -0.4 is 5.32 Å². The second-order valence-corrected chi connectivity index (χ2v) is 1.46. The van der Waals surface area contributed by atoms with E-state index in [1.807, 2.05) is 0 Å². The average molecular weight is 120 g/mol. The van der Waals surface area contributed by atoms with Crippen molar-refractivity contribution in [3.63, 3.8) is 0 Å². The van der Waals surface area contributed by atoms with Gasteiger partial charge in [0.2, 0.25) is 0 Å². The van der Waals surface area contributed by atoms with Crippen molar-refractivity contribution in [3.8, 4) is 0 Å². The van der Waals surface area contributed by atoms with Gasteiger partial charge in [0.05, 0.1) is 0 Å². The molecule has 1 N–H and O–H groups in total. The Bertz CT molecular complexity index is 53.1. The van der Waals surface area contributed by atoms with E-state index in [1.54, 1.807) is 0 Å². The fourth-order valence-corrected chi connectivity index (χ4v) is 0.572. The van der Waals surface area contributed by atoms with Gasteiger partial charge in [-0.25, -0.2) is 0 Å². The van der Waals surface area contributed by atoms with Crippen molar-refractivity contribution in [1.82, 2.24) is 5.32 Å². The first-order valence-electron chi connectivity index (χ1n) is 2.36. The summed E-state index contributed by atoms with van der Waals surface area (Å²) >= 11 is 0. The van der Waals surface area contributed by atoms with Gasteiger partial charge in [-0.05, 0) is 13.0 Å². The number of rotatable bonds is 0. The molecule has 1 heterocycles. The Hall–Kier alpha value is -0.0100. The summed E-state index contributed by atoms with van der Waals surface area (Å²) in [6, 6.07) is 0. The maximum atomic E-state index is 3.20. The second kappa shape index (κ2) is 4.16.